The van der Waals surface area contributed by atoms with Crippen LogP contribution in [0.1, 0.15) is 30.4 Å². The van der Waals surface area contributed by atoms with Gasteiger partial charge in [-0.3, -0.25) is 4.90 Å². The van der Waals surface area contributed by atoms with E-state index in [1.54, 1.807) is 14.2 Å². The lowest BCUT2D eigenvalue weighted by atomic mass is 10.1. The Kier molecular flexibility index (Phi) is 7.55. The van der Waals surface area contributed by atoms with Gasteiger partial charge in [-0.15, -0.1) is 0 Å². The topological polar surface area (TPSA) is 24.9 Å². The minimum absolute atomic E-state index is 0.911. The third kappa shape index (κ3) is 6.26. The molecule has 0 spiro atoms. The second-order valence-electron chi connectivity index (χ2n) is 7.31. The van der Waals surface area contributed by atoms with Crippen molar-refractivity contribution in [3.63, 3.8) is 0 Å². The van der Waals surface area contributed by atoms with Crippen molar-refractivity contribution in [2.45, 2.75) is 32.4 Å². The molecule has 0 aliphatic carbocycles. The molecule has 0 amide bonds. The van der Waals surface area contributed by atoms with E-state index in [1.807, 2.05) is 24.3 Å². The van der Waals surface area contributed by atoms with E-state index in [1.165, 1.54) is 43.5 Å². The van der Waals surface area contributed by atoms with E-state index in [-0.39, 0.29) is 0 Å². The molecule has 4 heteroatoms. The molecular weight excluding hydrogens is 336 g/mol. The van der Waals surface area contributed by atoms with Gasteiger partial charge < -0.3 is 14.4 Å². The summed E-state index contributed by atoms with van der Waals surface area (Å²) in [4.78, 5) is 5.15. The fourth-order valence-corrected chi connectivity index (χ4v) is 3.66. The number of likely N-dealkylation sites (tertiary alicyclic amines) is 1. The van der Waals surface area contributed by atoms with Crippen LogP contribution in [0.3, 0.4) is 0 Å². The molecule has 1 aliphatic heterocycles. The van der Waals surface area contributed by atoms with Crippen LogP contribution in [0.25, 0.3) is 0 Å². The van der Waals surface area contributed by atoms with Crippen LogP contribution in [0.4, 0.5) is 0 Å². The quantitative estimate of drug-likeness (QED) is 0.662. The van der Waals surface area contributed by atoms with Gasteiger partial charge >= 0.3 is 0 Å². The minimum atomic E-state index is 0.911. The van der Waals surface area contributed by atoms with Crippen LogP contribution in [0.15, 0.2) is 48.5 Å². The molecule has 0 bridgehead atoms. The summed E-state index contributed by atoms with van der Waals surface area (Å²) in [6, 6.07) is 16.9. The molecule has 27 heavy (non-hydrogen) atoms. The molecular formula is C23H32N2O2. The lowest BCUT2D eigenvalue weighted by Gasteiger charge is -2.30. The van der Waals surface area contributed by atoms with Crippen LogP contribution in [0.2, 0.25) is 0 Å². The maximum Gasteiger partial charge on any atom is 0.118 e. The van der Waals surface area contributed by atoms with E-state index < -0.39 is 0 Å². The highest BCUT2D eigenvalue weighted by atomic mass is 16.5. The average molecular weight is 369 g/mol. The van der Waals surface area contributed by atoms with Crippen LogP contribution in [0.5, 0.6) is 11.5 Å². The van der Waals surface area contributed by atoms with Gasteiger partial charge in [0.2, 0.25) is 0 Å². The third-order valence-electron chi connectivity index (χ3n) is 5.31. The molecule has 2 aromatic carbocycles. The van der Waals surface area contributed by atoms with Crippen molar-refractivity contribution >= 4 is 0 Å². The van der Waals surface area contributed by atoms with Gasteiger partial charge in [0.15, 0.2) is 0 Å². The van der Waals surface area contributed by atoms with Crippen LogP contribution in [0, 0.1) is 0 Å². The van der Waals surface area contributed by atoms with Gasteiger partial charge in [0, 0.05) is 26.2 Å². The number of rotatable bonds is 9. The van der Waals surface area contributed by atoms with Gasteiger partial charge in [-0.05, 0) is 61.3 Å². The van der Waals surface area contributed by atoms with Crippen molar-refractivity contribution in [2.75, 3.05) is 40.4 Å². The molecule has 0 unspecified atom stereocenters. The third-order valence-corrected chi connectivity index (χ3v) is 5.31. The summed E-state index contributed by atoms with van der Waals surface area (Å²) in [7, 11) is 3.42. The summed E-state index contributed by atoms with van der Waals surface area (Å²) in [5, 5.41) is 0. The molecule has 0 aromatic heterocycles. The fourth-order valence-electron chi connectivity index (χ4n) is 3.66. The van der Waals surface area contributed by atoms with Crippen molar-refractivity contribution in [1.29, 1.82) is 0 Å². The number of methoxy groups -OCH3 is 2. The average Bonchev–Trinajstić information content (AvgIpc) is 2.74. The molecule has 0 saturated carbocycles. The Bertz CT molecular complexity index is 614. The van der Waals surface area contributed by atoms with E-state index in [4.69, 9.17) is 9.47 Å². The minimum Gasteiger partial charge on any atom is -0.497 e. The molecule has 1 heterocycles. The molecule has 0 atom stereocenters. The first-order valence-electron chi connectivity index (χ1n) is 9.97. The Morgan fingerprint density at radius 2 is 1.22 bits per heavy atom. The van der Waals surface area contributed by atoms with Crippen molar-refractivity contribution in [3.05, 3.63) is 59.7 Å². The molecule has 0 radical (unpaired) electrons. The van der Waals surface area contributed by atoms with Crippen LogP contribution < -0.4 is 9.47 Å². The van der Waals surface area contributed by atoms with Crippen molar-refractivity contribution in [1.82, 2.24) is 9.80 Å². The number of hydrogen-bond acceptors (Lipinski definition) is 4. The van der Waals surface area contributed by atoms with E-state index in [9.17, 15) is 0 Å². The molecule has 0 N–H and O–H groups in total. The smallest absolute Gasteiger partial charge is 0.118 e. The summed E-state index contributed by atoms with van der Waals surface area (Å²) in [6.07, 6.45) is 4.08. The maximum atomic E-state index is 5.29. The van der Waals surface area contributed by atoms with Gasteiger partial charge in [-0.25, -0.2) is 0 Å². The first-order chi connectivity index (χ1) is 13.3. The summed E-state index contributed by atoms with van der Waals surface area (Å²) < 4.78 is 10.6. The molecule has 4 nitrogen and oxygen atoms in total. The van der Waals surface area contributed by atoms with Crippen LogP contribution in [-0.4, -0.2) is 50.2 Å². The van der Waals surface area contributed by atoms with E-state index in [0.29, 0.717) is 0 Å². The highest BCUT2D eigenvalue weighted by Gasteiger charge is 2.13. The molecule has 1 saturated heterocycles. The summed E-state index contributed by atoms with van der Waals surface area (Å²) >= 11 is 0. The SMILES string of the molecule is COc1ccc(CN(CCN2CCCCC2)Cc2ccc(OC)cc2)cc1. The molecule has 3 rings (SSSR count). The van der Waals surface area contributed by atoms with E-state index >= 15 is 0 Å². The first-order valence-corrected chi connectivity index (χ1v) is 9.97. The van der Waals surface area contributed by atoms with Crippen molar-refractivity contribution in [2.24, 2.45) is 0 Å². The van der Waals surface area contributed by atoms with Gasteiger partial charge in [0.25, 0.3) is 0 Å². The van der Waals surface area contributed by atoms with Crippen LogP contribution in [-0.2, 0) is 13.1 Å². The Labute approximate surface area is 163 Å². The zero-order valence-corrected chi connectivity index (χ0v) is 16.7. The summed E-state index contributed by atoms with van der Waals surface area (Å²) in [6.45, 7) is 6.62. The molecule has 2 aromatic rings. The molecule has 1 fully saturated rings. The number of nitrogens with zero attached hydrogens (tertiary/aromatic N) is 2. The summed E-state index contributed by atoms with van der Waals surface area (Å²) in [5.41, 5.74) is 2.64. The predicted octanol–water partition coefficient (Wildman–Crippen LogP) is 4.19. The standard InChI is InChI=1S/C23H32N2O2/c1-26-22-10-6-20(7-11-22)18-25(17-16-24-14-4-3-5-15-24)19-21-8-12-23(27-2)13-9-21/h6-13H,3-5,14-19H2,1-2H3. The lowest BCUT2D eigenvalue weighted by molar-refractivity contribution is 0.173. The number of hydrogen-bond donors (Lipinski definition) is 0. The number of benzene rings is 2. The maximum absolute atomic E-state index is 5.29. The zero-order chi connectivity index (χ0) is 18.9. The Balaban J connectivity index is 1.63. The number of ether oxygens (including phenoxy) is 2. The largest absolute Gasteiger partial charge is 0.497 e. The second-order valence-corrected chi connectivity index (χ2v) is 7.31. The summed E-state index contributed by atoms with van der Waals surface area (Å²) in [5.74, 6) is 1.82. The monoisotopic (exact) mass is 368 g/mol. The van der Waals surface area contributed by atoms with Crippen molar-refractivity contribution in [3.8, 4) is 11.5 Å². The first kappa shape index (κ1) is 19.7. The van der Waals surface area contributed by atoms with Crippen molar-refractivity contribution < 1.29 is 9.47 Å². The lowest BCUT2D eigenvalue weighted by Crippen LogP contribution is -2.37. The van der Waals surface area contributed by atoms with Gasteiger partial charge in [-0.2, -0.15) is 0 Å². The predicted molar refractivity (Wildman–Crippen MR) is 110 cm³/mol. The van der Waals surface area contributed by atoms with E-state index in [0.717, 1.165) is 37.7 Å². The van der Waals surface area contributed by atoms with E-state index in [2.05, 4.69) is 34.1 Å². The highest BCUT2D eigenvalue weighted by Crippen LogP contribution is 2.17. The van der Waals surface area contributed by atoms with Gasteiger partial charge in [-0.1, -0.05) is 30.7 Å². The highest BCUT2D eigenvalue weighted by molar-refractivity contribution is 5.28. The normalized spacial score (nSPS) is 15.1. The van der Waals surface area contributed by atoms with Gasteiger partial charge in [0.05, 0.1) is 14.2 Å². The Morgan fingerprint density at radius 1 is 0.741 bits per heavy atom. The molecule has 1 aliphatic rings. The second kappa shape index (κ2) is 10.3. The van der Waals surface area contributed by atoms with Crippen LogP contribution >= 0.6 is 0 Å². The van der Waals surface area contributed by atoms with Gasteiger partial charge in [0.1, 0.15) is 11.5 Å². The zero-order valence-electron chi connectivity index (χ0n) is 16.7. The Morgan fingerprint density at radius 3 is 1.67 bits per heavy atom. The fraction of sp³-hybridized carbons (Fsp3) is 0.478. The number of piperidine rings is 1. The molecule has 146 valence electrons. The Hall–Kier alpha value is -2.04.